The highest BCUT2D eigenvalue weighted by molar-refractivity contribution is 6.03. The molecular formula is C18H16N4O4. The van der Waals surface area contributed by atoms with E-state index in [1.165, 1.54) is 31.2 Å². The number of nitrogens with two attached hydrogens (primary N) is 1. The van der Waals surface area contributed by atoms with Crippen LogP contribution >= 0.6 is 0 Å². The highest BCUT2D eigenvalue weighted by Gasteiger charge is 2.22. The molecule has 26 heavy (non-hydrogen) atoms. The van der Waals surface area contributed by atoms with Crippen molar-refractivity contribution in [3.05, 3.63) is 59.8 Å². The summed E-state index contributed by atoms with van der Waals surface area (Å²) in [6.45, 7) is 1.46. The number of benzene rings is 2. The number of hydrogen-bond donors (Lipinski definition) is 3. The van der Waals surface area contributed by atoms with E-state index in [-0.39, 0.29) is 5.69 Å². The molecule has 0 bridgehead atoms. The third kappa shape index (κ3) is 3.54. The van der Waals surface area contributed by atoms with Crippen LogP contribution in [0.15, 0.2) is 48.5 Å². The number of rotatable bonds is 5. The van der Waals surface area contributed by atoms with Crippen LogP contribution in [0.4, 0.5) is 5.69 Å². The first-order valence-electron chi connectivity index (χ1n) is 7.80. The first-order chi connectivity index (χ1) is 12.5. The number of ether oxygens (including phenoxy) is 1. The SMILES string of the molecule is C[C@@H](OC(=O)c1n[nH]c2ccccc12)C(=O)Nc1ccc(C(N)=O)cc1. The average Bonchev–Trinajstić information content (AvgIpc) is 3.06. The molecule has 0 aliphatic carbocycles. The van der Waals surface area contributed by atoms with Gasteiger partial charge in [-0.25, -0.2) is 4.79 Å². The number of nitrogens with zero attached hydrogens (tertiary/aromatic N) is 1. The number of amides is 2. The Morgan fingerprint density at radius 3 is 2.50 bits per heavy atom. The van der Waals surface area contributed by atoms with Gasteiger partial charge in [0.15, 0.2) is 11.8 Å². The summed E-state index contributed by atoms with van der Waals surface area (Å²) in [6, 6.07) is 13.2. The van der Waals surface area contributed by atoms with Gasteiger partial charge in [0, 0.05) is 16.6 Å². The Balaban J connectivity index is 1.65. The van der Waals surface area contributed by atoms with Crippen LogP contribution in [0.25, 0.3) is 10.9 Å². The van der Waals surface area contributed by atoms with Crippen molar-refractivity contribution in [2.45, 2.75) is 13.0 Å². The molecule has 0 radical (unpaired) electrons. The van der Waals surface area contributed by atoms with Gasteiger partial charge in [-0.05, 0) is 37.3 Å². The number of esters is 1. The van der Waals surface area contributed by atoms with Crippen molar-refractivity contribution in [3.8, 4) is 0 Å². The number of hydrogen-bond acceptors (Lipinski definition) is 5. The smallest absolute Gasteiger partial charge is 0.360 e. The van der Waals surface area contributed by atoms with E-state index in [1.54, 1.807) is 18.2 Å². The van der Waals surface area contributed by atoms with Crippen molar-refractivity contribution in [2.24, 2.45) is 5.73 Å². The van der Waals surface area contributed by atoms with Gasteiger partial charge in [-0.2, -0.15) is 5.10 Å². The zero-order valence-corrected chi connectivity index (χ0v) is 13.9. The molecule has 8 heteroatoms. The van der Waals surface area contributed by atoms with E-state index in [4.69, 9.17) is 10.5 Å². The molecule has 1 heterocycles. The van der Waals surface area contributed by atoms with Crippen molar-refractivity contribution in [1.29, 1.82) is 0 Å². The van der Waals surface area contributed by atoms with E-state index in [1.807, 2.05) is 6.07 Å². The summed E-state index contributed by atoms with van der Waals surface area (Å²) in [5.74, 6) is -1.77. The Morgan fingerprint density at radius 1 is 1.12 bits per heavy atom. The van der Waals surface area contributed by atoms with Crippen LogP contribution in [0.1, 0.15) is 27.8 Å². The molecule has 0 aliphatic rings. The molecule has 0 saturated carbocycles. The molecule has 132 valence electrons. The molecule has 0 aliphatic heterocycles. The molecule has 2 amide bonds. The zero-order chi connectivity index (χ0) is 18.7. The van der Waals surface area contributed by atoms with Gasteiger partial charge in [-0.1, -0.05) is 18.2 Å². The molecule has 0 fully saturated rings. The molecule has 8 nitrogen and oxygen atoms in total. The number of para-hydroxylation sites is 1. The molecule has 0 saturated heterocycles. The summed E-state index contributed by atoms with van der Waals surface area (Å²) >= 11 is 0. The van der Waals surface area contributed by atoms with Crippen molar-refractivity contribution >= 4 is 34.4 Å². The second kappa shape index (κ2) is 7.06. The lowest BCUT2D eigenvalue weighted by Gasteiger charge is -2.13. The second-order valence-corrected chi connectivity index (χ2v) is 5.60. The van der Waals surface area contributed by atoms with E-state index in [2.05, 4.69) is 15.5 Å². The quantitative estimate of drug-likeness (QED) is 0.604. The van der Waals surface area contributed by atoms with Crippen LogP contribution < -0.4 is 11.1 Å². The highest BCUT2D eigenvalue weighted by atomic mass is 16.5. The molecular weight excluding hydrogens is 336 g/mol. The van der Waals surface area contributed by atoms with Crippen molar-refractivity contribution in [2.75, 3.05) is 5.32 Å². The van der Waals surface area contributed by atoms with E-state index >= 15 is 0 Å². The lowest BCUT2D eigenvalue weighted by atomic mass is 10.2. The lowest BCUT2D eigenvalue weighted by Crippen LogP contribution is -2.30. The van der Waals surface area contributed by atoms with E-state index in [0.29, 0.717) is 22.2 Å². The van der Waals surface area contributed by atoms with Crippen LogP contribution in [0.2, 0.25) is 0 Å². The van der Waals surface area contributed by atoms with Crippen molar-refractivity contribution < 1.29 is 19.1 Å². The number of anilines is 1. The molecule has 0 unspecified atom stereocenters. The number of carbonyl (C=O) groups is 3. The standard InChI is InChI=1S/C18H16N4O4/c1-10(17(24)20-12-8-6-11(7-9-12)16(19)23)26-18(25)15-13-4-2-3-5-14(13)21-22-15/h2-10H,1H3,(H2,19,23)(H,20,24)(H,21,22)/t10-/m1/s1. The average molecular weight is 352 g/mol. The minimum absolute atomic E-state index is 0.117. The van der Waals surface area contributed by atoms with Gasteiger partial charge >= 0.3 is 5.97 Å². The van der Waals surface area contributed by atoms with Gasteiger partial charge in [-0.15, -0.1) is 0 Å². The fourth-order valence-corrected chi connectivity index (χ4v) is 2.35. The molecule has 1 atom stereocenters. The highest BCUT2D eigenvalue weighted by Crippen LogP contribution is 2.17. The van der Waals surface area contributed by atoms with Gasteiger partial charge < -0.3 is 15.8 Å². The maximum atomic E-state index is 12.3. The molecule has 1 aromatic heterocycles. The van der Waals surface area contributed by atoms with Crippen LogP contribution in [-0.4, -0.2) is 34.1 Å². The van der Waals surface area contributed by atoms with Crippen LogP contribution in [0.3, 0.4) is 0 Å². The lowest BCUT2D eigenvalue weighted by molar-refractivity contribution is -0.123. The van der Waals surface area contributed by atoms with E-state index in [0.717, 1.165) is 0 Å². The number of nitrogens with one attached hydrogen (secondary N) is 2. The van der Waals surface area contributed by atoms with Gasteiger partial charge in [0.05, 0.1) is 5.52 Å². The normalized spacial score (nSPS) is 11.7. The number of primary amides is 1. The summed E-state index contributed by atoms with van der Waals surface area (Å²) < 4.78 is 5.19. The Kier molecular flexibility index (Phi) is 4.66. The Morgan fingerprint density at radius 2 is 1.81 bits per heavy atom. The van der Waals surface area contributed by atoms with Crippen molar-refractivity contribution in [3.63, 3.8) is 0 Å². The predicted octanol–water partition coefficient (Wildman–Crippen LogP) is 1.85. The number of aromatic nitrogens is 2. The fraction of sp³-hybridized carbons (Fsp3) is 0.111. The third-order valence-corrected chi connectivity index (χ3v) is 3.75. The number of fused-ring (bicyclic) bond motifs is 1. The monoisotopic (exact) mass is 352 g/mol. The van der Waals surface area contributed by atoms with E-state index in [9.17, 15) is 14.4 Å². The maximum absolute atomic E-state index is 12.3. The first-order valence-corrected chi connectivity index (χ1v) is 7.80. The third-order valence-electron chi connectivity index (χ3n) is 3.75. The van der Waals surface area contributed by atoms with Gasteiger partial charge in [-0.3, -0.25) is 14.7 Å². The van der Waals surface area contributed by atoms with E-state index < -0.39 is 23.9 Å². The summed E-state index contributed by atoms with van der Waals surface area (Å²) in [5, 5.41) is 9.90. The fourth-order valence-electron chi connectivity index (χ4n) is 2.35. The largest absolute Gasteiger partial charge is 0.448 e. The minimum atomic E-state index is -1.03. The van der Waals surface area contributed by atoms with Gasteiger partial charge in [0.1, 0.15) is 0 Å². The van der Waals surface area contributed by atoms with Gasteiger partial charge in [0.2, 0.25) is 5.91 Å². The predicted molar refractivity (Wildman–Crippen MR) is 94.6 cm³/mol. The Bertz CT molecular complexity index is 978. The Hall–Kier alpha value is -3.68. The van der Waals surface area contributed by atoms with Crippen LogP contribution in [0.5, 0.6) is 0 Å². The zero-order valence-electron chi connectivity index (χ0n) is 13.9. The molecule has 3 aromatic rings. The van der Waals surface area contributed by atoms with Crippen molar-refractivity contribution in [1.82, 2.24) is 10.2 Å². The first kappa shape index (κ1) is 17.2. The maximum Gasteiger partial charge on any atom is 0.360 e. The Labute approximate surface area is 148 Å². The molecule has 4 N–H and O–H groups in total. The van der Waals surface area contributed by atoms with Crippen LogP contribution in [-0.2, 0) is 9.53 Å². The summed E-state index contributed by atoms with van der Waals surface area (Å²) in [4.78, 5) is 35.5. The number of H-pyrrole nitrogens is 1. The minimum Gasteiger partial charge on any atom is -0.448 e. The number of aromatic amines is 1. The summed E-state index contributed by atoms with van der Waals surface area (Å²) in [7, 11) is 0. The second-order valence-electron chi connectivity index (χ2n) is 5.60. The van der Waals surface area contributed by atoms with Crippen LogP contribution in [0, 0.1) is 0 Å². The van der Waals surface area contributed by atoms with Gasteiger partial charge in [0.25, 0.3) is 5.91 Å². The molecule has 2 aromatic carbocycles. The summed E-state index contributed by atoms with van der Waals surface area (Å²) in [6.07, 6.45) is -1.03. The molecule has 3 rings (SSSR count). The summed E-state index contributed by atoms with van der Waals surface area (Å²) in [5.41, 5.74) is 6.76. The number of carbonyl (C=O) groups excluding carboxylic acids is 3. The molecule has 0 spiro atoms. The topological polar surface area (TPSA) is 127 Å².